The predicted molar refractivity (Wildman–Crippen MR) is 68.1 cm³/mol. The average Bonchev–Trinajstić information content (AvgIpc) is 2.88. The normalized spacial score (nSPS) is 17.8. The Morgan fingerprint density at radius 2 is 2.00 bits per heavy atom. The fourth-order valence-electron chi connectivity index (χ4n) is 2.47. The van der Waals surface area contributed by atoms with E-state index in [1.165, 1.54) is 7.05 Å². The van der Waals surface area contributed by atoms with Crippen molar-refractivity contribution < 1.29 is 14.7 Å². The van der Waals surface area contributed by atoms with Gasteiger partial charge in [0.05, 0.1) is 12.6 Å². The molecule has 0 aromatic carbocycles. The maximum absolute atomic E-state index is 11.9. The number of imide groups is 1. The van der Waals surface area contributed by atoms with Gasteiger partial charge in [-0.1, -0.05) is 12.8 Å². The molecule has 0 aliphatic heterocycles. The molecule has 0 heterocycles. The third kappa shape index (κ3) is 3.96. The highest BCUT2D eigenvalue weighted by Gasteiger charge is 2.30. The molecule has 1 aliphatic carbocycles. The predicted octanol–water partition coefficient (Wildman–Crippen LogP) is 0.0674. The molecule has 104 valence electrons. The van der Waals surface area contributed by atoms with Crippen molar-refractivity contribution in [1.29, 1.82) is 0 Å². The van der Waals surface area contributed by atoms with Gasteiger partial charge in [0.15, 0.2) is 0 Å². The molecule has 1 atom stereocenters. The molecular weight excluding hydrogens is 234 g/mol. The Hall–Kier alpha value is -1.14. The minimum Gasteiger partial charge on any atom is -0.395 e. The van der Waals surface area contributed by atoms with Gasteiger partial charge in [-0.2, -0.15) is 0 Å². The van der Waals surface area contributed by atoms with Crippen molar-refractivity contribution in [3.05, 3.63) is 0 Å². The number of hydrogen-bond donors (Lipinski definition) is 3. The molecule has 0 bridgehead atoms. The lowest BCUT2D eigenvalue weighted by Gasteiger charge is -2.32. The molecule has 6 heteroatoms. The highest BCUT2D eigenvalue weighted by molar-refractivity contribution is 5.96. The lowest BCUT2D eigenvalue weighted by Crippen LogP contribution is -2.52. The minimum atomic E-state index is -0.498. The molecule has 3 N–H and O–H groups in total. The van der Waals surface area contributed by atoms with Gasteiger partial charge in [0.2, 0.25) is 5.91 Å². The van der Waals surface area contributed by atoms with Crippen LogP contribution in [0.1, 0.15) is 32.6 Å². The summed E-state index contributed by atoms with van der Waals surface area (Å²) in [6.45, 7) is 2.26. The first-order chi connectivity index (χ1) is 8.60. The van der Waals surface area contributed by atoms with E-state index in [0.29, 0.717) is 12.6 Å². The maximum atomic E-state index is 11.9. The smallest absolute Gasteiger partial charge is 0.321 e. The topological polar surface area (TPSA) is 81.7 Å². The van der Waals surface area contributed by atoms with Crippen molar-refractivity contribution in [2.24, 2.45) is 0 Å². The number of amides is 3. The van der Waals surface area contributed by atoms with Gasteiger partial charge in [0, 0.05) is 19.6 Å². The fourth-order valence-corrected chi connectivity index (χ4v) is 2.47. The molecule has 1 rings (SSSR count). The first kappa shape index (κ1) is 14.9. The van der Waals surface area contributed by atoms with Crippen LogP contribution in [0.25, 0.3) is 0 Å². The van der Waals surface area contributed by atoms with Gasteiger partial charge in [-0.05, 0) is 19.8 Å². The van der Waals surface area contributed by atoms with Gasteiger partial charge >= 0.3 is 6.03 Å². The van der Waals surface area contributed by atoms with Crippen LogP contribution < -0.4 is 10.6 Å². The van der Waals surface area contributed by atoms with Crippen LogP contribution in [0.3, 0.4) is 0 Å². The molecule has 6 nitrogen and oxygen atoms in total. The minimum absolute atomic E-state index is 0.0219. The number of nitrogens with zero attached hydrogens (tertiary/aromatic N) is 1. The number of rotatable bonds is 5. The van der Waals surface area contributed by atoms with Crippen LogP contribution in [0.15, 0.2) is 0 Å². The second-order valence-corrected chi connectivity index (χ2v) is 4.64. The highest BCUT2D eigenvalue weighted by Crippen LogP contribution is 2.24. The molecule has 1 fully saturated rings. The number of urea groups is 1. The lowest BCUT2D eigenvalue weighted by atomic mass is 10.1. The number of aliphatic hydroxyl groups excluding tert-OH is 1. The Morgan fingerprint density at radius 3 is 2.50 bits per heavy atom. The Balaban J connectivity index is 2.60. The Kier molecular flexibility index (Phi) is 6.07. The zero-order valence-corrected chi connectivity index (χ0v) is 11.1. The number of nitrogens with one attached hydrogen (secondary N) is 2. The first-order valence-electron chi connectivity index (χ1n) is 6.49. The van der Waals surface area contributed by atoms with E-state index in [0.717, 1.165) is 25.7 Å². The Bertz CT molecular complexity index is 290. The second-order valence-electron chi connectivity index (χ2n) is 4.64. The van der Waals surface area contributed by atoms with Crippen LogP contribution in [-0.2, 0) is 4.79 Å². The van der Waals surface area contributed by atoms with Crippen LogP contribution in [0, 0.1) is 0 Å². The van der Waals surface area contributed by atoms with Crippen molar-refractivity contribution in [1.82, 2.24) is 15.5 Å². The second kappa shape index (κ2) is 7.33. The first-order valence-corrected chi connectivity index (χ1v) is 6.49. The summed E-state index contributed by atoms with van der Waals surface area (Å²) in [7, 11) is 1.47. The summed E-state index contributed by atoms with van der Waals surface area (Å²) in [5.41, 5.74) is 0. The van der Waals surface area contributed by atoms with Crippen molar-refractivity contribution in [2.45, 2.75) is 44.7 Å². The van der Waals surface area contributed by atoms with Crippen LogP contribution in [0.2, 0.25) is 0 Å². The van der Waals surface area contributed by atoms with E-state index in [1.54, 1.807) is 6.92 Å². The van der Waals surface area contributed by atoms with Crippen LogP contribution >= 0.6 is 0 Å². The third-order valence-electron chi connectivity index (χ3n) is 3.49. The standard InChI is InChI=1S/C12H23N3O3/c1-9(11(17)14-12(18)13-2)15(7-8-16)10-5-3-4-6-10/h9-10,16H,3-8H2,1-2H3,(H2,13,14,17,18). The number of carbonyl (C=O) groups excluding carboxylic acids is 2. The molecule has 1 unspecified atom stereocenters. The molecule has 0 aromatic rings. The number of carbonyl (C=O) groups is 2. The number of hydrogen-bond acceptors (Lipinski definition) is 4. The van der Waals surface area contributed by atoms with Gasteiger partial charge in [0.1, 0.15) is 0 Å². The maximum Gasteiger partial charge on any atom is 0.321 e. The Morgan fingerprint density at radius 1 is 1.39 bits per heavy atom. The van der Waals surface area contributed by atoms with E-state index >= 15 is 0 Å². The molecule has 0 radical (unpaired) electrons. The highest BCUT2D eigenvalue weighted by atomic mass is 16.3. The summed E-state index contributed by atoms with van der Waals surface area (Å²) in [5.74, 6) is -0.324. The van der Waals surface area contributed by atoms with E-state index in [1.807, 2.05) is 4.90 Å². The summed E-state index contributed by atoms with van der Waals surface area (Å²) < 4.78 is 0. The van der Waals surface area contributed by atoms with Crippen molar-refractivity contribution >= 4 is 11.9 Å². The lowest BCUT2D eigenvalue weighted by molar-refractivity contribution is -0.125. The van der Waals surface area contributed by atoms with Gasteiger partial charge < -0.3 is 10.4 Å². The van der Waals surface area contributed by atoms with E-state index in [2.05, 4.69) is 10.6 Å². The third-order valence-corrected chi connectivity index (χ3v) is 3.49. The molecule has 18 heavy (non-hydrogen) atoms. The van der Waals surface area contributed by atoms with Crippen LogP contribution in [0.5, 0.6) is 0 Å². The molecule has 0 aromatic heterocycles. The van der Waals surface area contributed by atoms with Crippen molar-refractivity contribution in [2.75, 3.05) is 20.2 Å². The summed E-state index contributed by atoms with van der Waals surface area (Å²) >= 11 is 0. The zero-order chi connectivity index (χ0) is 13.5. The summed E-state index contributed by atoms with van der Waals surface area (Å²) in [6, 6.07) is -0.567. The summed E-state index contributed by atoms with van der Waals surface area (Å²) in [6.07, 6.45) is 4.43. The largest absolute Gasteiger partial charge is 0.395 e. The van der Waals surface area contributed by atoms with Gasteiger partial charge in [-0.25, -0.2) is 4.79 Å². The van der Waals surface area contributed by atoms with Crippen LogP contribution in [-0.4, -0.2) is 54.2 Å². The molecule has 1 saturated carbocycles. The van der Waals surface area contributed by atoms with E-state index in [-0.39, 0.29) is 12.5 Å². The quantitative estimate of drug-likeness (QED) is 0.651. The molecule has 3 amide bonds. The molecule has 1 aliphatic rings. The van der Waals surface area contributed by atoms with Crippen LogP contribution in [0.4, 0.5) is 4.79 Å². The van der Waals surface area contributed by atoms with E-state index in [9.17, 15) is 9.59 Å². The Labute approximate surface area is 108 Å². The summed E-state index contributed by atoms with van der Waals surface area (Å²) in [5, 5.41) is 13.7. The zero-order valence-electron chi connectivity index (χ0n) is 11.1. The fraction of sp³-hybridized carbons (Fsp3) is 0.833. The van der Waals surface area contributed by atoms with Crippen molar-refractivity contribution in [3.8, 4) is 0 Å². The van der Waals surface area contributed by atoms with Crippen molar-refractivity contribution in [3.63, 3.8) is 0 Å². The number of aliphatic hydroxyl groups is 1. The molecule has 0 spiro atoms. The monoisotopic (exact) mass is 257 g/mol. The van der Waals surface area contributed by atoms with Gasteiger partial charge in [-0.15, -0.1) is 0 Å². The summed E-state index contributed by atoms with van der Waals surface area (Å²) in [4.78, 5) is 25.0. The van der Waals surface area contributed by atoms with E-state index in [4.69, 9.17) is 5.11 Å². The van der Waals surface area contributed by atoms with Gasteiger partial charge in [-0.3, -0.25) is 15.0 Å². The van der Waals surface area contributed by atoms with Gasteiger partial charge in [0.25, 0.3) is 0 Å². The molecule has 0 saturated heterocycles. The molecular formula is C12H23N3O3. The average molecular weight is 257 g/mol. The SMILES string of the molecule is CNC(=O)NC(=O)C(C)N(CCO)C1CCCC1. The van der Waals surface area contributed by atoms with E-state index < -0.39 is 12.1 Å².